The number of imide groups is 1. The van der Waals surface area contributed by atoms with Crippen LogP contribution in [0.4, 0.5) is 5.69 Å². The zero-order valence-corrected chi connectivity index (χ0v) is 15.9. The highest BCUT2D eigenvalue weighted by molar-refractivity contribution is 6.24. The highest BCUT2D eigenvalue weighted by Crippen LogP contribution is 2.49. The third-order valence-electron chi connectivity index (χ3n) is 6.69. The predicted molar refractivity (Wildman–Crippen MR) is 99.6 cm³/mol. The number of rotatable bonds is 5. The van der Waals surface area contributed by atoms with E-state index in [1.807, 2.05) is 6.92 Å². The lowest BCUT2D eigenvalue weighted by atomic mass is 9.84. The van der Waals surface area contributed by atoms with E-state index >= 15 is 0 Å². The summed E-state index contributed by atoms with van der Waals surface area (Å²) in [7, 11) is 0. The molecular weight excluding hydrogens is 362 g/mol. The normalized spacial score (nSPS) is 27.6. The highest BCUT2D eigenvalue weighted by atomic mass is 16.6. The maximum atomic E-state index is 12.8. The molecule has 4 rings (SSSR count). The number of carbonyl (C=O) groups is 3. The van der Waals surface area contributed by atoms with E-state index in [-0.39, 0.29) is 17.2 Å². The summed E-state index contributed by atoms with van der Waals surface area (Å²) >= 11 is 0. The van der Waals surface area contributed by atoms with Crippen molar-refractivity contribution < 1.29 is 19.3 Å². The number of hydrogen-bond acceptors (Lipinski definition) is 5. The van der Waals surface area contributed by atoms with Gasteiger partial charge in [0.05, 0.1) is 10.5 Å². The summed E-state index contributed by atoms with van der Waals surface area (Å²) in [5, 5.41) is 14.2. The van der Waals surface area contributed by atoms with Gasteiger partial charge in [0.1, 0.15) is 11.6 Å². The minimum Gasteiger partial charge on any atom is -0.352 e. The van der Waals surface area contributed by atoms with Crippen LogP contribution in [0.3, 0.4) is 0 Å². The lowest BCUT2D eigenvalue weighted by Gasteiger charge is -2.30. The molecule has 1 heterocycles. The predicted octanol–water partition coefficient (Wildman–Crippen LogP) is 2.52. The minimum atomic E-state index is -1.03. The second-order valence-electron chi connectivity index (χ2n) is 8.25. The Hall–Kier alpha value is -2.77. The largest absolute Gasteiger partial charge is 0.352 e. The molecule has 8 heteroatoms. The highest BCUT2D eigenvalue weighted by Gasteiger charge is 2.46. The molecule has 0 radical (unpaired) electrons. The first-order valence-electron chi connectivity index (χ1n) is 9.75. The van der Waals surface area contributed by atoms with Gasteiger partial charge in [-0.2, -0.15) is 0 Å². The van der Waals surface area contributed by atoms with Crippen molar-refractivity contribution in [2.75, 3.05) is 0 Å². The van der Waals surface area contributed by atoms with Gasteiger partial charge in [0.25, 0.3) is 17.5 Å². The Balaban J connectivity index is 1.50. The van der Waals surface area contributed by atoms with Gasteiger partial charge < -0.3 is 5.32 Å². The molecule has 0 unspecified atom stereocenters. The number of fused-ring (bicyclic) bond motifs is 3. The SMILES string of the molecule is C[C@H](NC(=O)[C@@H](C)N1C(=O)c2cccc([N+](=O)[O-])c2C1=O)[C@H]1C[C@H]2CC[C@H]1C2. The van der Waals surface area contributed by atoms with Crippen LogP contribution in [-0.2, 0) is 4.79 Å². The van der Waals surface area contributed by atoms with Crippen LogP contribution in [0.25, 0.3) is 0 Å². The van der Waals surface area contributed by atoms with Crippen molar-refractivity contribution in [1.29, 1.82) is 0 Å². The van der Waals surface area contributed by atoms with Crippen molar-refractivity contribution in [2.45, 2.75) is 51.6 Å². The smallest absolute Gasteiger partial charge is 0.282 e. The van der Waals surface area contributed by atoms with Crippen LogP contribution in [-0.4, -0.2) is 39.6 Å². The molecule has 28 heavy (non-hydrogen) atoms. The van der Waals surface area contributed by atoms with Gasteiger partial charge in [-0.3, -0.25) is 29.4 Å². The molecule has 1 N–H and O–H groups in total. The van der Waals surface area contributed by atoms with E-state index in [1.54, 1.807) is 0 Å². The van der Waals surface area contributed by atoms with E-state index in [0.29, 0.717) is 11.8 Å². The van der Waals surface area contributed by atoms with E-state index in [1.165, 1.54) is 44.4 Å². The summed E-state index contributed by atoms with van der Waals surface area (Å²) in [5.74, 6) is -0.0480. The summed E-state index contributed by atoms with van der Waals surface area (Å²) in [6.07, 6.45) is 4.81. The number of carbonyl (C=O) groups excluding carboxylic acids is 3. The molecule has 1 aromatic carbocycles. The maximum absolute atomic E-state index is 12.8. The van der Waals surface area contributed by atoms with Crippen LogP contribution in [0.2, 0.25) is 0 Å². The zero-order chi connectivity index (χ0) is 20.2. The van der Waals surface area contributed by atoms with Gasteiger partial charge in [-0.1, -0.05) is 12.5 Å². The summed E-state index contributed by atoms with van der Waals surface area (Å²) in [4.78, 5) is 49.6. The molecule has 2 fully saturated rings. The average Bonchev–Trinajstić information content (AvgIpc) is 3.35. The molecule has 0 saturated heterocycles. The van der Waals surface area contributed by atoms with E-state index in [9.17, 15) is 24.5 Å². The summed E-state index contributed by atoms with van der Waals surface area (Å²) in [5.41, 5.74) is -0.681. The molecule has 0 spiro atoms. The zero-order valence-electron chi connectivity index (χ0n) is 15.9. The molecule has 3 aliphatic rings. The standard InChI is InChI=1S/C20H23N3O5/c1-10(15-9-12-6-7-13(15)8-12)21-18(24)11(2)22-19(25)14-4-3-5-16(23(27)28)17(14)20(22)26/h3-5,10-13,15H,6-9H2,1-2H3,(H,21,24)/t10-,11+,12-,13-,15+/m0/s1. The maximum Gasteiger partial charge on any atom is 0.282 e. The molecule has 3 amide bonds. The third kappa shape index (κ3) is 2.78. The first kappa shape index (κ1) is 18.6. The van der Waals surface area contributed by atoms with Crippen LogP contribution in [0.1, 0.15) is 60.2 Å². The Bertz CT molecular complexity index is 883. The fourth-order valence-corrected chi connectivity index (χ4v) is 5.27. The number of benzene rings is 1. The second kappa shape index (κ2) is 6.68. The Morgan fingerprint density at radius 3 is 2.57 bits per heavy atom. The van der Waals surface area contributed by atoms with Gasteiger partial charge in [0.2, 0.25) is 5.91 Å². The van der Waals surface area contributed by atoms with Crippen molar-refractivity contribution in [3.05, 3.63) is 39.4 Å². The summed E-state index contributed by atoms with van der Waals surface area (Å²) in [6.45, 7) is 3.46. The molecule has 1 aromatic rings. The average molecular weight is 385 g/mol. The molecule has 2 aliphatic carbocycles. The monoisotopic (exact) mass is 385 g/mol. The van der Waals surface area contributed by atoms with Gasteiger partial charge in [-0.05, 0) is 56.9 Å². The lowest BCUT2D eigenvalue weighted by molar-refractivity contribution is -0.385. The van der Waals surface area contributed by atoms with Gasteiger partial charge in [-0.25, -0.2) is 0 Å². The minimum absolute atomic E-state index is 0.0278. The molecule has 2 saturated carbocycles. The number of hydrogen-bond donors (Lipinski definition) is 1. The van der Waals surface area contributed by atoms with Crippen LogP contribution in [0.5, 0.6) is 0 Å². The summed E-state index contributed by atoms with van der Waals surface area (Å²) < 4.78 is 0. The molecule has 5 atom stereocenters. The Morgan fingerprint density at radius 1 is 1.21 bits per heavy atom. The number of nitrogens with one attached hydrogen (secondary N) is 1. The topological polar surface area (TPSA) is 110 Å². The Labute approximate surface area is 162 Å². The third-order valence-corrected chi connectivity index (χ3v) is 6.69. The van der Waals surface area contributed by atoms with E-state index < -0.39 is 34.4 Å². The molecule has 1 aliphatic heterocycles. The molecule has 8 nitrogen and oxygen atoms in total. The van der Waals surface area contributed by atoms with Gasteiger partial charge in [-0.15, -0.1) is 0 Å². The van der Waals surface area contributed by atoms with E-state index in [4.69, 9.17) is 0 Å². The Morgan fingerprint density at radius 2 is 1.96 bits per heavy atom. The van der Waals surface area contributed by atoms with Crippen molar-refractivity contribution in [3.63, 3.8) is 0 Å². The number of nitro benzene ring substituents is 1. The van der Waals surface area contributed by atoms with Crippen LogP contribution in [0.15, 0.2) is 18.2 Å². The van der Waals surface area contributed by atoms with Crippen LogP contribution < -0.4 is 5.32 Å². The van der Waals surface area contributed by atoms with Gasteiger partial charge in [0, 0.05) is 12.1 Å². The molecular formula is C20H23N3O5. The summed E-state index contributed by atoms with van der Waals surface area (Å²) in [6, 6.07) is 2.87. The molecule has 0 aromatic heterocycles. The fourth-order valence-electron chi connectivity index (χ4n) is 5.27. The molecule has 148 valence electrons. The molecule has 2 bridgehead atoms. The van der Waals surface area contributed by atoms with Crippen molar-refractivity contribution >= 4 is 23.4 Å². The number of amides is 3. The number of nitrogens with zero attached hydrogens (tertiary/aromatic N) is 2. The van der Waals surface area contributed by atoms with E-state index in [0.717, 1.165) is 17.2 Å². The quantitative estimate of drug-likeness (QED) is 0.476. The fraction of sp³-hybridized carbons (Fsp3) is 0.550. The second-order valence-corrected chi connectivity index (χ2v) is 8.25. The first-order valence-corrected chi connectivity index (χ1v) is 9.75. The van der Waals surface area contributed by atoms with Crippen molar-refractivity contribution in [3.8, 4) is 0 Å². The van der Waals surface area contributed by atoms with Crippen LogP contribution in [0, 0.1) is 27.9 Å². The van der Waals surface area contributed by atoms with Gasteiger partial charge >= 0.3 is 0 Å². The van der Waals surface area contributed by atoms with Crippen molar-refractivity contribution in [1.82, 2.24) is 10.2 Å². The lowest BCUT2D eigenvalue weighted by Crippen LogP contribution is -2.51. The Kier molecular flexibility index (Phi) is 4.44. The number of nitro groups is 1. The van der Waals surface area contributed by atoms with Gasteiger partial charge in [0.15, 0.2) is 0 Å². The first-order chi connectivity index (χ1) is 13.3. The van der Waals surface area contributed by atoms with E-state index in [2.05, 4.69) is 5.32 Å². The van der Waals surface area contributed by atoms with Crippen molar-refractivity contribution in [2.24, 2.45) is 17.8 Å². The van der Waals surface area contributed by atoms with Crippen LogP contribution >= 0.6 is 0 Å².